The van der Waals surface area contributed by atoms with Gasteiger partial charge in [0, 0.05) is 44.6 Å². The minimum absolute atomic E-state index is 0.00455. The van der Waals surface area contributed by atoms with Gasteiger partial charge in [-0.3, -0.25) is 14.4 Å². The van der Waals surface area contributed by atoms with Crippen LogP contribution in [0.25, 0.3) is 0 Å². The van der Waals surface area contributed by atoms with Gasteiger partial charge in [-0.2, -0.15) is 0 Å². The highest BCUT2D eigenvalue weighted by molar-refractivity contribution is 5.80. The number of carbonyl (C=O) groups is 3. The Hall–Kier alpha value is -2.51. The molecule has 1 saturated heterocycles. The second kappa shape index (κ2) is 8.73. The molecule has 0 atom stereocenters. The van der Waals surface area contributed by atoms with Gasteiger partial charge < -0.3 is 14.9 Å². The van der Waals surface area contributed by atoms with Crippen molar-refractivity contribution in [1.29, 1.82) is 0 Å². The van der Waals surface area contributed by atoms with Gasteiger partial charge in [0.25, 0.3) is 0 Å². The van der Waals surface area contributed by atoms with E-state index in [4.69, 9.17) is 5.11 Å². The van der Waals surface area contributed by atoms with E-state index in [1.165, 1.54) is 24.0 Å². The van der Waals surface area contributed by atoms with Gasteiger partial charge in [-0.1, -0.05) is 12.1 Å². The normalized spacial score (nSPS) is 15.0. The molecule has 142 valence electrons. The molecule has 1 aromatic carbocycles. The Morgan fingerprint density at radius 2 is 1.88 bits per heavy atom. The summed E-state index contributed by atoms with van der Waals surface area (Å²) in [6, 6.07) is 3.70. The lowest BCUT2D eigenvalue weighted by molar-refractivity contribution is -0.142. The van der Waals surface area contributed by atoms with E-state index in [1.807, 2.05) is 0 Å². The Balaban J connectivity index is 2.11. The molecule has 0 unspecified atom stereocenters. The molecule has 0 radical (unpaired) electrons. The van der Waals surface area contributed by atoms with Crippen LogP contribution in [0.15, 0.2) is 18.2 Å². The van der Waals surface area contributed by atoms with Gasteiger partial charge in [0.15, 0.2) is 11.6 Å². The van der Waals surface area contributed by atoms with Crippen molar-refractivity contribution in [2.24, 2.45) is 5.92 Å². The lowest BCUT2D eigenvalue weighted by atomic mass is 9.95. The molecular weight excluding hydrogens is 346 g/mol. The van der Waals surface area contributed by atoms with Crippen molar-refractivity contribution in [3.63, 3.8) is 0 Å². The summed E-state index contributed by atoms with van der Waals surface area (Å²) in [6.07, 6.45) is 0.649. The highest BCUT2D eigenvalue weighted by Crippen LogP contribution is 2.22. The summed E-state index contributed by atoms with van der Waals surface area (Å²) < 4.78 is 27.3. The maximum atomic E-state index is 13.9. The number of amides is 2. The first-order valence-electron chi connectivity index (χ1n) is 8.48. The predicted molar refractivity (Wildman–Crippen MR) is 89.0 cm³/mol. The van der Waals surface area contributed by atoms with E-state index in [0.717, 1.165) is 6.07 Å². The number of carbonyl (C=O) groups excluding carboxylic acids is 2. The number of benzene rings is 1. The van der Waals surface area contributed by atoms with Crippen molar-refractivity contribution in [2.45, 2.75) is 32.7 Å². The molecule has 0 aromatic heterocycles. The number of carboxylic acids is 1. The van der Waals surface area contributed by atoms with Crippen LogP contribution in [-0.2, 0) is 20.9 Å². The minimum Gasteiger partial charge on any atom is -0.481 e. The maximum Gasteiger partial charge on any atom is 0.305 e. The Labute approximate surface area is 150 Å². The molecular formula is C18H22F2N2O4. The van der Waals surface area contributed by atoms with Crippen molar-refractivity contribution < 1.29 is 28.3 Å². The van der Waals surface area contributed by atoms with Crippen molar-refractivity contribution in [3.8, 4) is 0 Å². The van der Waals surface area contributed by atoms with Crippen molar-refractivity contribution in [1.82, 2.24) is 9.80 Å². The van der Waals surface area contributed by atoms with Gasteiger partial charge in [0.05, 0.1) is 6.42 Å². The lowest BCUT2D eigenvalue weighted by Crippen LogP contribution is -2.44. The van der Waals surface area contributed by atoms with Gasteiger partial charge in [-0.15, -0.1) is 0 Å². The van der Waals surface area contributed by atoms with Crippen LogP contribution in [0.4, 0.5) is 8.78 Å². The number of aliphatic carboxylic acids is 1. The average Bonchev–Trinajstić information content (AvgIpc) is 2.61. The monoisotopic (exact) mass is 368 g/mol. The fourth-order valence-corrected chi connectivity index (χ4v) is 3.07. The van der Waals surface area contributed by atoms with Crippen molar-refractivity contribution in [3.05, 3.63) is 35.4 Å². The van der Waals surface area contributed by atoms with E-state index in [0.29, 0.717) is 25.9 Å². The highest BCUT2D eigenvalue weighted by atomic mass is 19.2. The Morgan fingerprint density at radius 3 is 2.46 bits per heavy atom. The third kappa shape index (κ3) is 5.00. The van der Waals surface area contributed by atoms with Crippen molar-refractivity contribution in [2.75, 3.05) is 19.6 Å². The molecule has 0 aliphatic carbocycles. The molecule has 0 spiro atoms. The van der Waals surface area contributed by atoms with Crippen LogP contribution in [0.1, 0.15) is 31.7 Å². The quantitative estimate of drug-likeness (QED) is 0.833. The van der Waals surface area contributed by atoms with E-state index in [-0.39, 0.29) is 42.8 Å². The molecule has 1 aliphatic rings. The number of halogens is 2. The summed E-state index contributed by atoms with van der Waals surface area (Å²) in [5, 5.41) is 8.90. The maximum absolute atomic E-state index is 13.9. The first-order valence-corrected chi connectivity index (χ1v) is 8.48. The smallest absolute Gasteiger partial charge is 0.305 e. The van der Waals surface area contributed by atoms with Gasteiger partial charge in [0.1, 0.15) is 0 Å². The molecule has 8 heteroatoms. The number of hydrogen-bond acceptors (Lipinski definition) is 3. The standard InChI is InChI=1S/C18H22F2N2O4/c1-12(23)21-8-5-13(6-9-21)18(26)22(10-7-16(24)25)11-14-3-2-4-15(19)17(14)20/h2-4,13H,5-11H2,1H3,(H,24,25). The second-order valence-corrected chi connectivity index (χ2v) is 6.40. The Kier molecular flexibility index (Phi) is 6.65. The lowest BCUT2D eigenvalue weighted by Gasteiger charge is -2.34. The van der Waals surface area contributed by atoms with Gasteiger partial charge in [0.2, 0.25) is 11.8 Å². The van der Waals surface area contributed by atoms with Gasteiger partial charge in [-0.25, -0.2) is 8.78 Å². The highest BCUT2D eigenvalue weighted by Gasteiger charge is 2.30. The van der Waals surface area contributed by atoms with E-state index in [9.17, 15) is 23.2 Å². The summed E-state index contributed by atoms with van der Waals surface area (Å²) in [7, 11) is 0. The van der Waals surface area contributed by atoms with Crippen LogP contribution in [0.2, 0.25) is 0 Å². The van der Waals surface area contributed by atoms with Crippen LogP contribution >= 0.6 is 0 Å². The summed E-state index contributed by atoms with van der Waals surface area (Å²) in [6.45, 7) is 2.09. The molecule has 1 heterocycles. The molecule has 1 aliphatic heterocycles. The first kappa shape index (κ1) is 19.8. The predicted octanol–water partition coefficient (Wildman–Crippen LogP) is 2.03. The van der Waals surface area contributed by atoms with Gasteiger partial charge >= 0.3 is 5.97 Å². The summed E-state index contributed by atoms with van der Waals surface area (Å²) in [5.74, 6) is -3.83. The van der Waals surface area contributed by atoms with E-state index < -0.39 is 17.6 Å². The van der Waals surface area contributed by atoms with Crippen LogP contribution in [-0.4, -0.2) is 52.3 Å². The SMILES string of the molecule is CC(=O)N1CCC(C(=O)N(CCC(=O)O)Cc2cccc(F)c2F)CC1. The second-order valence-electron chi connectivity index (χ2n) is 6.40. The average molecular weight is 368 g/mol. The van der Waals surface area contributed by atoms with Crippen LogP contribution in [0.5, 0.6) is 0 Å². The number of rotatable bonds is 6. The summed E-state index contributed by atoms with van der Waals surface area (Å²) in [4.78, 5) is 38.0. The summed E-state index contributed by atoms with van der Waals surface area (Å²) >= 11 is 0. The molecule has 1 fully saturated rings. The largest absolute Gasteiger partial charge is 0.481 e. The fraction of sp³-hybridized carbons (Fsp3) is 0.500. The summed E-state index contributed by atoms with van der Waals surface area (Å²) in [5.41, 5.74) is 0.00455. The number of likely N-dealkylation sites (tertiary alicyclic amines) is 1. The number of nitrogens with zero attached hydrogens (tertiary/aromatic N) is 2. The Bertz CT molecular complexity index is 688. The minimum atomic E-state index is -1.08. The zero-order valence-corrected chi connectivity index (χ0v) is 14.6. The van der Waals surface area contributed by atoms with Crippen molar-refractivity contribution >= 4 is 17.8 Å². The Morgan fingerprint density at radius 1 is 1.23 bits per heavy atom. The zero-order chi connectivity index (χ0) is 19.3. The van der Waals surface area contributed by atoms with Gasteiger partial charge in [-0.05, 0) is 18.9 Å². The third-order valence-corrected chi connectivity index (χ3v) is 4.59. The zero-order valence-electron chi connectivity index (χ0n) is 14.6. The molecule has 0 saturated carbocycles. The van der Waals surface area contributed by atoms with E-state index in [1.54, 1.807) is 4.90 Å². The third-order valence-electron chi connectivity index (χ3n) is 4.59. The molecule has 2 rings (SSSR count). The van der Waals surface area contributed by atoms with Crippen LogP contribution < -0.4 is 0 Å². The van der Waals surface area contributed by atoms with E-state index >= 15 is 0 Å². The molecule has 6 nitrogen and oxygen atoms in total. The number of carboxylic acid groups (broad SMARTS) is 1. The van der Waals surface area contributed by atoms with Crippen LogP contribution in [0.3, 0.4) is 0 Å². The molecule has 2 amide bonds. The van der Waals surface area contributed by atoms with E-state index in [2.05, 4.69) is 0 Å². The molecule has 1 N–H and O–H groups in total. The number of hydrogen-bond donors (Lipinski definition) is 1. The molecule has 0 bridgehead atoms. The molecule has 26 heavy (non-hydrogen) atoms. The topological polar surface area (TPSA) is 77.9 Å². The fourth-order valence-electron chi connectivity index (χ4n) is 3.07. The van der Waals surface area contributed by atoms with Crippen LogP contribution in [0, 0.1) is 17.6 Å². The molecule has 1 aromatic rings. The number of piperidine rings is 1. The first-order chi connectivity index (χ1) is 12.3.